The van der Waals surface area contributed by atoms with E-state index < -0.39 is 16.0 Å². The van der Waals surface area contributed by atoms with Crippen LogP contribution in [0.1, 0.15) is 15.2 Å². The van der Waals surface area contributed by atoms with E-state index in [0.29, 0.717) is 10.3 Å². The lowest BCUT2D eigenvalue weighted by molar-refractivity contribution is 0.0702. The molecule has 0 aliphatic rings. The third kappa shape index (κ3) is 3.62. The number of carbonyl (C=O) groups is 1. The summed E-state index contributed by atoms with van der Waals surface area (Å²) in [6.07, 6.45) is 1.37. The molecule has 0 saturated carbocycles. The molecule has 0 fully saturated rings. The van der Waals surface area contributed by atoms with Crippen LogP contribution in [0.5, 0.6) is 0 Å². The van der Waals surface area contributed by atoms with E-state index in [0.717, 1.165) is 23.0 Å². The van der Waals surface area contributed by atoms with Gasteiger partial charge in [-0.25, -0.2) is 18.2 Å². The molecule has 2 rings (SSSR count). The topological polar surface area (TPSA) is 96.4 Å². The van der Waals surface area contributed by atoms with E-state index in [2.05, 4.69) is 41.6 Å². The van der Waals surface area contributed by atoms with Gasteiger partial charge in [0.2, 0.25) is 0 Å². The first-order chi connectivity index (χ1) is 9.70. The number of aromatic carboxylic acids is 1. The van der Waals surface area contributed by atoms with Gasteiger partial charge in [-0.1, -0.05) is 0 Å². The number of thiophene rings is 1. The second kappa shape index (κ2) is 6.03. The third-order valence-corrected chi connectivity index (χ3v) is 6.87. The van der Waals surface area contributed by atoms with E-state index in [1.807, 2.05) is 0 Å². The van der Waals surface area contributed by atoms with Gasteiger partial charge in [-0.05, 0) is 56.5 Å². The molecular weight excluding hydrogens is 448 g/mol. The maximum absolute atomic E-state index is 12.3. The lowest BCUT2D eigenvalue weighted by Gasteiger charge is -2.08. The average molecular weight is 456 g/mol. The van der Waals surface area contributed by atoms with Gasteiger partial charge >= 0.3 is 5.97 Å². The SMILES string of the molecule is Cc1cc(NS(=O)(=O)c2cc(C(=O)O)sc2Br)cnc1Br. The second-order valence-electron chi connectivity index (χ2n) is 3.99. The van der Waals surface area contributed by atoms with Crippen molar-refractivity contribution in [3.63, 3.8) is 0 Å². The Kier molecular flexibility index (Phi) is 4.71. The summed E-state index contributed by atoms with van der Waals surface area (Å²) in [5.74, 6) is -1.18. The van der Waals surface area contributed by atoms with Gasteiger partial charge in [0.1, 0.15) is 14.4 Å². The first-order valence-corrected chi connectivity index (χ1v) is 9.27. The Morgan fingerprint density at radius 1 is 1.38 bits per heavy atom. The molecule has 0 aromatic carbocycles. The Morgan fingerprint density at radius 3 is 2.57 bits per heavy atom. The number of sulfonamides is 1. The van der Waals surface area contributed by atoms with Gasteiger partial charge in [0.05, 0.1) is 15.7 Å². The van der Waals surface area contributed by atoms with Crippen molar-refractivity contribution in [1.82, 2.24) is 4.98 Å². The molecule has 2 aromatic rings. The summed E-state index contributed by atoms with van der Waals surface area (Å²) in [7, 11) is -3.89. The quantitative estimate of drug-likeness (QED) is 0.688. The fourth-order valence-corrected chi connectivity index (χ4v) is 5.12. The molecule has 10 heteroatoms. The highest BCUT2D eigenvalue weighted by Crippen LogP contribution is 2.33. The number of anilines is 1. The van der Waals surface area contributed by atoms with Crippen molar-refractivity contribution in [2.45, 2.75) is 11.8 Å². The molecule has 21 heavy (non-hydrogen) atoms. The predicted octanol–water partition coefficient (Wildman–Crippen LogP) is 3.48. The van der Waals surface area contributed by atoms with Crippen molar-refractivity contribution in [2.24, 2.45) is 0 Å². The van der Waals surface area contributed by atoms with Crippen LogP contribution in [-0.4, -0.2) is 24.5 Å². The maximum Gasteiger partial charge on any atom is 0.345 e. The minimum absolute atomic E-state index is 0.0626. The van der Waals surface area contributed by atoms with Crippen LogP contribution >= 0.6 is 43.2 Å². The minimum atomic E-state index is -3.89. The molecule has 2 N–H and O–H groups in total. The summed E-state index contributed by atoms with van der Waals surface area (Å²) in [5, 5.41) is 8.90. The van der Waals surface area contributed by atoms with Crippen LogP contribution in [0.15, 0.2) is 31.6 Å². The first kappa shape index (κ1) is 16.4. The Morgan fingerprint density at radius 2 is 2.05 bits per heavy atom. The molecule has 112 valence electrons. The molecule has 0 aliphatic heterocycles. The molecule has 0 unspecified atom stereocenters. The minimum Gasteiger partial charge on any atom is -0.477 e. The zero-order chi connectivity index (χ0) is 15.8. The fraction of sp³-hybridized carbons (Fsp3) is 0.0909. The molecule has 6 nitrogen and oxygen atoms in total. The van der Waals surface area contributed by atoms with Crippen LogP contribution in [0.3, 0.4) is 0 Å². The standard InChI is InChI=1S/C11H8Br2N2O4S2/c1-5-2-6(4-14-9(5)12)15-21(18,19)8-3-7(11(16)17)20-10(8)13/h2-4,15H,1H3,(H,16,17). The van der Waals surface area contributed by atoms with Crippen molar-refractivity contribution < 1.29 is 18.3 Å². The number of nitrogens with one attached hydrogen (secondary N) is 1. The van der Waals surface area contributed by atoms with Gasteiger partial charge in [0.15, 0.2) is 0 Å². The van der Waals surface area contributed by atoms with Crippen LogP contribution < -0.4 is 4.72 Å². The number of aromatic nitrogens is 1. The van der Waals surface area contributed by atoms with Crippen LogP contribution in [0.2, 0.25) is 0 Å². The summed E-state index contributed by atoms with van der Waals surface area (Å²) in [6, 6.07) is 2.73. The molecule has 2 heterocycles. The monoisotopic (exact) mass is 454 g/mol. The van der Waals surface area contributed by atoms with Gasteiger partial charge in [0, 0.05) is 0 Å². The number of nitrogens with zero attached hydrogens (tertiary/aromatic N) is 1. The largest absolute Gasteiger partial charge is 0.477 e. The number of carboxylic acid groups (broad SMARTS) is 1. The first-order valence-electron chi connectivity index (χ1n) is 5.38. The van der Waals surface area contributed by atoms with Crippen LogP contribution in [0, 0.1) is 6.92 Å². The van der Waals surface area contributed by atoms with Crippen molar-refractivity contribution in [3.8, 4) is 0 Å². The van der Waals surface area contributed by atoms with E-state index in [1.165, 1.54) is 6.20 Å². The number of hydrogen-bond acceptors (Lipinski definition) is 5. The van der Waals surface area contributed by atoms with Crippen molar-refractivity contribution in [2.75, 3.05) is 4.72 Å². The van der Waals surface area contributed by atoms with Gasteiger partial charge < -0.3 is 5.11 Å². The zero-order valence-electron chi connectivity index (χ0n) is 10.4. The highest BCUT2D eigenvalue weighted by Gasteiger charge is 2.23. The lowest BCUT2D eigenvalue weighted by atomic mass is 10.3. The number of carboxylic acids is 1. The van der Waals surface area contributed by atoms with Crippen molar-refractivity contribution in [1.29, 1.82) is 0 Å². The van der Waals surface area contributed by atoms with E-state index in [4.69, 9.17) is 5.11 Å². The molecule has 0 spiro atoms. The van der Waals surface area contributed by atoms with Crippen LogP contribution in [-0.2, 0) is 10.0 Å². The van der Waals surface area contributed by atoms with Gasteiger partial charge in [-0.2, -0.15) is 0 Å². The number of halogens is 2. The van der Waals surface area contributed by atoms with Gasteiger partial charge in [0.25, 0.3) is 10.0 Å². The fourth-order valence-electron chi connectivity index (χ4n) is 1.46. The normalized spacial score (nSPS) is 11.4. The van der Waals surface area contributed by atoms with Crippen molar-refractivity contribution in [3.05, 3.63) is 37.2 Å². The van der Waals surface area contributed by atoms with E-state index >= 15 is 0 Å². The molecule has 0 atom stereocenters. The van der Waals surface area contributed by atoms with Crippen LogP contribution in [0.4, 0.5) is 5.69 Å². The molecular formula is C11H8Br2N2O4S2. The Balaban J connectivity index is 2.38. The van der Waals surface area contributed by atoms with E-state index in [1.54, 1.807) is 13.0 Å². The zero-order valence-corrected chi connectivity index (χ0v) is 15.2. The van der Waals surface area contributed by atoms with Crippen molar-refractivity contribution >= 4 is 64.9 Å². The number of aryl methyl sites for hydroxylation is 1. The van der Waals surface area contributed by atoms with Gasteiger partial charge in [-0.3, -0.25) is 4.72 Å². The summed E-state index contributed by atoms with van der Waals surface area (Å²) in [4.78, 5) is 14.7. The van der Waals surface area contributed by atoms with E-state index in [-0.39, 0.29) is 13.6 Å². The van der Waals surface area contributed by atoms with E-state index in [9.17, 15) is 13.2 Å². The summed E-state index contributed by atoms with van der Waals surface area (Å²) in [6.45, 7) is 1.78. The average Bonchev–Trinajstić information content (AvgIpc) is 2.77. The molecule has 0 amide bonds. The Hall–Kier alpha value is -0.970. The van der Waals surface area contributed by atoms with Gasteiger partial charge in [-0.15, -0.1) is 11.3 Å². The Bertz CT molecular complexity index is 818. The maximum atomic E-state index is 12.3. The number of hydrogen-bond donors (Lipinski definition) is 2. The second-order valence-corrected chi connectivity index (χ2v) is 8.76. The summed E-state index contributed by atoms with van der Waals surface area (Å²) < 4.78 is 27.8. The highest BCUT2D eigenvalue weighted by atomic mass is 79.9. The molecule has 0 saturated heterocycles. The summed E-state index contributed by atoms with van der Waals surface area (Å²) in [5.41, 5.74) is 1.07. The highest BCUT2D eigenvalue weighted by molar-refractivity contribution is 9.11. The predicted molar refractivity (Wildman–Crippen MR) is 86.5 cm³/mol. The molecule has 0 aliphatic carbocycles. The molecule has 2 aromatic heterocycles. The Labute approximate surface area is 141 Å². The molecule has 0 radical (unpaired) electrons. The number of pyridine rings is 1. The smallest absolute Gasteiger partial charge is 0.345 e. The third-order valence-electron chi connectivity index (χ3n) is 2.42. The lowest BCUT2D eigenvalue weighted by Crippen LogP contribution is -2.13. The molecule has 0 bridgehead atoms. The number of rotatable bonds is 4. The van der Waals surface area contributed by atoms with Crippen LogP contribution in [0.25, 0.3) is 0 Å². The summed E-state index contributed by atoms with van der Waals surface area (Å²) >= 11 is 7.14.